The Morgan fingerprint density at radius 1 is 1.29 bits per heavy atom. The van der Waals surface area contributed by atoms with Gasteiger partial charge in [0.05, 0.1) is 24.1 Å². The molecule has 1 aliphatic rings. The molecule has 1 aromatic heterocycles. The molecule has 0 spiro atoms. The van der Waals surface area contributed by atoms with Crippen LogP contribution in [0.4, 0.5) is 4.39 Å². The number of carbonyl (C=O) groups excluding carboxylic acids is 1. The highest BCUT2D eigenvalue weighted by atomic mass is 35.5. The number of amides is 1. The molecule has 0 saturated carbocycles. The number of hydrogen-bond donors (Lipinski definition) is 0. The lowest BCUT2D eigenvalue weighted by atomic mass is 10.2. The Labute approximate surface area is 172 Å². The van der Waals surface area contributed by atoms with Crippen LogP contribution in [0, 0.1) is 5.82 Å². The number of thiophene rings is 1. The maximum atomic E-state index is 14.3. The van der Waals surface area contributed by atoms with E-state index in [2.05, 4.69) is 0 Å². The number of sulfonamides is 1. The third kappa shape index (κ3) is 4.55. The molecule has 0 unspecified atom stereocenters. The third-order valence-electron chi connectivity index (χ3n) is 4.41. The summed E-state index contributed by atoms with van der Waals surface area (Å²) in [6.45, 7) is 3.40. The number of rotatable bonds is 6. The SMILES string of the molecule is CCN(Cc1ccc(Cl)s1)C(=O)c1ccc(F)c(S(=O)(=O)N2CCOCC2)c1. The minimum atomic E-state index is -4.04. The van der Waals surface area contributed by atoms with E-state index in [0.717, 1.165) is 17.0 Å². The van der Waals surface area contributed by atoms with Gasteiger partial charge < -0.3 is 9.64 Å². The van der Waals surface area contributed by atoms with Crippen molar-refractivity contribution in [2.24, 2.45) is 0 Å². The fourth-order valence-corrected chi connectivity index (χ4v) is 5.50. The summed E-state index contributed by atoms with van der Waals surface area (Å²) in [6, 6.07) is 7.04. The maximum Gasteiger partial charge on any atom is 0.254 e. The van der Waals surface area contributed by atoms with Gasteiger partial charge in [-0.05, 0) is 37.3 Å². The van der Waals surface area contributed by atoms with Crippen molar-refractivity contribution >= 4 is 38.9 Å². The Balaban J connectivity index is 1.87. The number of benzene rings is 1. The molecule has 1 amide bonds. The highest BCUT2D eigenvalue weighted by Crippen LogP contribution is 2.25. The van der Waals surface area contributed by atoms with Crippen molar-refractivity contribution in [3.05, 3.63) is 50.9 Å². The standard InChI is InChI=1S/C18H20ClFN2O4S2/c1-2-21(12-14-4-6-17(19)27-14)18(23)13-3-5-15(20)16(11-13)28(24,25)22-7-9-26-10-8-22/h3-6,11H,2,7-10,12H2,1H3. The molecule has 0 aliphatic carbocycles. The molecule has 0 N–H and O–H groups in total. The number of hydrogen-bond acceptors (Lipinski definition) is 5. The van der Waals surface area contributed by atoms with E-state index in [9.17, 15) is 17.6 Å². The fraction of sp³-hybridized carbons (Fsp3) is 0.389. The van der Waals surface area contributed by atoms with Gasteiger partial charge >= 0.3 is 0 Å². The van der Waals surface area contributed by atoms with E-state index >= 15 is 0 Å². The lowest BCUT2D eigenvalue weighted by Gasteiger charge is -2.26. The van der Waals surface area contributed by atoms with Crippen LogP contribution in [0.15, 0.2) is 35.2 Å². The van der Waals surface area contributed by atoms with Crippen LogP contribution in [-0.4, -0.2) is 56.4 Å². The van der Waals surface area contributed by atoms with Gasteiger partial charge in [0.2, 0.25) is 10.0 Å². The van der Waals surface area contributed by atoms with Crippen LogP contribution < -0.4 is 0 Å². The summed E-state index contributed by atoms with van der Waals surface area (Å²) < 4.78 is 46.9. The Morgan fingerprint density at radius 2 is 2.00 bits per heavy atom. The molecule has 152 valence electrons. The predicted octanol–water partition coefficient (Wildman–Crippen LogP) is 3.22. The highest BCUT2D eigenvalue weighted by Gasteiger charge is 2.30. The van der Waals surface area contributed by atoms with Gasteiger partial charge in [0.15, 0.2) is 0 Å². The Kier molecular flexibility index (Phi) is 6.72. The number of halogens is 2. The maximum absolute atomic E-state index is 14.3. The molecule has 1 aromatic carbocycles. The van der Waals surface area contributed by atoms with Gasteiger partial charge in [-0.2, -0.15) is 4.31 Å². The number of carbonyl (C=O) groups is 1. The monoisotopic (exact) mass is 446 g/mol. The second-order valence-corrected chi connectivity index (χ2v) is 9.89. The molecule has 1 fully saturated rings. The number of nitrogens with zero attached hydrogens (tertiary/aromatic N) is 2. The first kappa shape index (κ1) is 21.2. The molecule has 1 aliphatic heterocycles. The largest absolute Gasteiger partial charge is 0.379 e. The molecule has 6 nitrogen and oxygen atoms in total. The topological polar surface area (TPSA) is 66.9 Å². The van der Waals surface area contributed by atoms with Gasteiger partial charge in [-0.3, -0.25) is 4.79 Å². The van der Waals surface area contributed by atoms with Crippen molar-refractivity contribution in [3.8, 4) is 0 Å². The number of morpholine rings is 1. The average Bonchev–Trinajstić information content (AvgIpc) is 3.11. The Morgan fingerprint density at radius 3 is 2.61 bits per heavy atom. The average molecular weight is 447 g/mol. The van der Waals surface area contributed by atoms with E-state index in [1.54, 1.807) is 11.0 Å². The molecule has 2 heterocycles. The highest BCUT2D eigenvalue weighted by molar-refractivity contribution is 7.89. The van der Waals surface area contributed by atoms with E-state index in [1.807, 2.05) is 13.0 Å². The normalized spacial score (nSPS) is 15.5. The van der Waals surface area contributed by atoms with Crippen LogP contribution in [0.3, 0.4) is 0 Å². The van der Waals surface area contributed by atoms with Gasteiger partial charge in [0.1, 0.15) is 10.7 Å². The van der Waals surface area contributed by atoms with Crippen LogP contribution in [0.25, 0.3) is 0 Å². The summed E-state index contributed by atoms with van der Waals surface area (Å²) >= 11 is 7.31. The van der Waals surface area contributed by atoms with E-state index in [4.69, 9.17) is 16.3 Å². The summed E-state index contributed by atoms with van der Waals surface area (Å²) in [5.74, 6) is -1.25. The fourth-order valence-electron chi connectivity index (χ4n) is 2.89. The van der Waals surface area contributed by atoms with Crippen LogP contribution in [-0.2, 0) is 21.3 Å². The third-order valence-corrected chi connectivity index (χ3v) is 7.54. The first-order chi connectivity index (χ1) is 13.3. The molecule has 0 atom stereocenters. The zero-order valence-electron chi connectivity index (χ0n) is 15.2. The zero-order chi connectivity index (χ0) is 20.3. The summed E-state index contributed by atoms with van der Waals surface area (Å²) in [6.07, 6.45) is 0. The lowest BCUT2D eigenvalue weighted by Crippen LogP contribution is -2.41. The second-order valence-electron chi connectivity index (χ2n) is 6.19. The van der Waals surface area contributed by atoms with Gasteiger partial charge in [-0.1, -0.05) is 11.6 Å². The minimum Gasteiger partial charge on any atom is -0.379 e. The molecular formula is C18H20ClFN2O4S2. The molecule has 2 aromatic rings. The first-order valence-electron chi connectivity index (χ1n) is 8.74. The van der Waals surface area contributed by atoms with Crippen LogP contribution >= 0.6 is 22.9 Å². The molecule has 0 radical (unpaired) electrons. The van der Waals surface area contributed by atoms with Gasteiger partial charge in [-0.15, -0.1) is 11.3 Å². The van der Waals surface area contributed by atoms with Crippen LogP contribution in [0.5, 0.6) is 0 Å². The molecule has 10 heteroatoms. The quantitative estimate of drug-likeness (QED) is 0.683. The summed E-state index contributed by atoms with van der Waals surface area (Å²) in [7, 11) is -4.04. The number of ether oxygens (including phenoxy) is 1. The van der Waals surface area contributed by atoms with Crippen molar-refractivity contribution < 1.29 is 22.3 Å². The molecule has 3 rings (SSSR count). The first-order valence-corrected chi connectivity index (χ1v) is 11.4. The van der Waals surface area contributed by atoms with E-state index in [-0.39, 0.29) is 37.8 Å². The predicted molar refractivity (Wildman–Crippen MR) is 106 cm³/mol. The van der Waals surface area contributed by atoms with E-state index < -0.39 is 20.7 Å². The summed E-state index contributed by atoms with van der Waals surface area (Å²) in [4.78, 5) is 14.9. The smallest absolute Gasteiger partial charge is 0.254 e. The molecular weight excluding hydrogens is 427 g/mol. The molecule has 28 heavy (non-hydrogen) atoms. The van der Waals surface area contributed by atoms with Gasteiger partial charge in [0.25, 0.3) is 5.91 Å². The van der Waals surface area contributed by atoms with Crippen molar-refractivity contribution in [1.29, 1.82) is 0 Å². The summed E-state index contributed by atoms with van der Waals surface area (Å²) in [5.41, 5.74) is 0.123. The zero-order valence-corrected chi connectivity index (χ0v) is 17.6. The van der Waals surface area contributed by atoms with Gasteiger partial charge in [-0.25, -0.2) is 12.8 Å². The van der Waals surface area contributed by atoms with Crippen molar-refractivity contribution in [2.45, 2.75) is 18.4 Å². The van der Waals surface area contributed by atoms with Crippen molar-refractivity contribution in [2.75, 3.05) is 32.8 Å². The van der Waals surface area contributed by atoms with E-state index in [0.29, 0.717) is 17.4 Å². The van der Waals surface area contributed by atoms with Crippen LogP contribution in [0.1, 0.15) is 22.2 Å². The van der Waals surface area contributed by atoms with Crippen LogP contribution in [0.2, 0.25) is 4.34 Å². The van der Waals surface area contributed by atoms with Crippen molar-refractivity contribution in [1.82, 2.24) is 9.21 Å². The lowest BCUT2D eigenvalue weighted by molar-refractivity contribution is 0.0728. The molecule has 0 bridgehead atoms. The summed E-state index contributed by atoms with van der Waals surface area (Å²) in [5, 5.41) is 0. The molecule has 1 saturated heterocycles. The van der Waals surface area contributed by atoms with Crippen molar-refractivity contribution in [3.63, 3.8) is 0 Å². The second kappa shape index (κ2) is 8.87. The minimum absolute atomic E-state index is 0.123. The Hall–Kier alpha value is -1.52. The van der Waals surface area contributed by atoms with E-state index in [1.165, 1.54) is 21.7 Å². The van der Waals surface area contributed by atoms with Gasteiger partial charge in [0, 0.05) is 30.1 Å². The Bertz CT molecular complexity index is 958.